The van der Waals surface area contributed by atoms with Crippen molar-refractivity contribution in [1.82, 2.24) is 10.2 Å². The molecular weight excluding hydrogens is 266 g/mol. The molecule has 20 heavy (non-hydrogen) atoms. The minimum absolute atomic E-state index is 0.287. The fraction of sp³-hybridized carbons (Fsp3) is 0.250. The summed E-state index contributed by atoms with van der Waals surface area (Å²) in [7, 11) is 0. The van der Waals surface area contributed by atoms with Crippen molar-refractivity contribution in [3.8, 4) is 0 Å². The molecule has 0 aliphatic carbocycles. The van der Waals surface area contributed by atoms with Crippen LogP contribution in [0.2, 0.25) is 0 Å². The highest BCUT2D eigenvalue weighted by Gasteiger charge is 2.13. The lowest BCUT2D eigenvalue weighted by molar-refractivity contribution is 0.755. The van der Waals surface area contributed by atoms with Crippen molar-refractivity contribution in [1.29, 1.82) is 0 Å². The predicted molar refractivity (Wildman–Crippen MR) is 85.2 cm³/mol. The van der Waals surface area contributed by atoms with Crippen LogP contribution in [0.15, 0.2) is 41.8 Å². The summed E-state index contributed by atoms with van der Waals surface area (Å²) < 4.78 is 0. The van der Waals surface area contributed by atoms with Crippen LogP contribution in [-0.4, -0.2) is 10.2 Å². The molecule has 0 spiro atoms. The first-order valence-electron chi connectivity index (χ1n) is 6.81. The fourth-order valence-corrected chi connectivity index (χ4v) is 3.23. The van der Waals surface area contributed by atoms with Crippen LogP contribution in [0.25, 0.3) is 10.8 Å². The fourth-order valence-electron chi connectivity index (χ4n) is 2.37. The van der Waals surface area contributed by atoms with Gasteiger partial charge in [-0.05, 0) is 24.8 Å². The van der Waals surface area contributed by atoms with Gasteiger partial charge in [0.05, 0.1) is 11.7 Å². The lowest BCUT2D eigenvalue weighted by Gasteiger charge is -2.17. The summed E-state index contributed by atoms with van der Waals surface area (Å²) >= 11 is 1.77. The number of fused-ring (bicyclic) bond motifs is 1. The van der Waals surface area contributed by atoms with Crippen LogP contribution in [0.5, 0.6) is 0 Å². The Hall–Kier alpha value is -1.94. The van der Waals surface area contributed by atoms with Crippen molar-refractivity contribution < 1.29 is 0 Å². The average Bonchev–Trinajstić information content (AvgIpc) is 3.01. The Bertz CT molecular complexity index is 707. The number of aryl methyl sites for hydroxylation is 1. The second-order valence-electron chi connectivity index (χ2n) is 4.80. The van der Waals surface area contributed by atoms with Crippen molar-refractivity contribution in [2.24, 2.45) is 0 Å². The first-order valence-corrected chi connectivity index (χ1v) is 7.69. The number of rotatable bonds is 4. The van der Waals surface area contributed by atoms with Gasteiger partial charge in [0.15, 0.2) is 5.82 Å². The Morgan fingerprint density at radius 2 is 1.90 bits per heavy atom. The third-order valence-electron chi connectivity index (χ3n) is 3.48. The van der Waals surface area contributed by atoms with Gasteiger partial charge in [-0.3, -0.25) is 0 Å². The molecule has 0 saturated carbocycles. The lowest BCUT2D eigenvalue weighted by atomic mass is 10.1. The summed E-state index contributed by atoms with van der Waals surface area (Å²) in [4.78, 5) is 1.33. The van der Waals surface area contributed by atoms with Crippen LogP contribution < -0.4 is 5.32 Å². The molecule has 4 heteroatoms. The maximum atomic E-state index is 4.35. The molecule has 2 aromatic heterocycles. The molecule has 0 amide bonds. The summed E-state index contributed by atoms with van der Waals surface area (Å²) in [6, 6.07) is 12.8. The van der Waals surface area contributed by atoms with E-state index in [1.54, 1.807) is 11.3 Å². The van der Waals surface area contributed by atoms with E-state index in [0.717, 1.165) is 28.7 Å². The zero-order valence-corrected chi connectivity index (χ0v) is 12.4. The Balaban J connectivity index is 2.00. The van der Waals surface area contributed by atoms with E-state index in [2.05, 4.69) is 52.1 Å². The van der Waals surface area contributed by atoms with Crippen LogP contribution in [0.4, 0.5) is 5.82 Å². The Morgan fingerprint density at radius 3 is 2.60 bits per heavy atom. The molecule has 1 aromatic carbocycles. The van der Waals surface area contributed by atoms with Crippen LogP contribution in [0, 0.1) is 6.92 Å². The van der Waals surface area contributed by atoms with E-state index in [1.807, 2.05) is 19.1 Å². The molecule has 2 heterocycles. The van der Waals surface area contributed by atoms with Gasteiger partial charge in [-0.25, -0.2) is 0 Å². The quantitative estimate of drug-likeness (QED) is 0.762. The molecule has 1 unspecified atom stereocenters. The van der Waals surface area contributed by atoms with Crippen LogP contribution in [-0.2, 0) is 0 Å². The van der Waals surface area contributed by atoms with Gasteiger partial charge in [-0.1, -0.05) is 37.3 Å². The number of hydrogen-bond donors (Lipinski definition) is 1. The third kappa shape index (κ3) is 2.39. The van der Waals surface area contributed by atoms with Crippen molar-refractivity contribution in [2.45, 2.75) is 26.3 Å². The van der Waals surface area contributed by atoms with E-state index < -0.39 is 0 Å². The molecular formula is C16H17N3S. The normalized spacial score (nSPS) is 12.5. The standard InChI is InChI=1S/C16H17N3S/c1-3-14(15-9-6-10-20-15)17-16-13-8-5-4-7-12(13)11(2)18-19-16/h4-10,14H,3H2,1-2H3,(H,17,19). The molecule has 102 valence electrons. The number of thiophene rings is 1. The zero-order valence-electron chi connectivity index (χ0n) is 11.6. The second kappa shape index (κ2) is 5.59. The lowest BCUT2D eigenvalue weighted by Crippen LogP contribution is -2.10. The van der Waals surface area contributed by atoms with E-state index in [1.165, 1.54) is 4.88 Å². The summed E-state index contributed by atoms with van der Waals surface area (Å²) in [6.07, 6.45) is 1.02. The van der Waals surface area contributed by atoms with E-state index in [0.29, 0.717) is 0 Å². The molecule has 0 saturated heterocycles. The monoisotopic (exact) mass is 283 g/mol. The molecule has 3 rings (SSSR count). The van der Waals surface area contributed by atoms with Crippen molar-refractivity contribution >= 4 is 27.9 Å². The number of aromatic nitrogens is 2. The zero-order chi connectivity index (χ0) is 13.9. The molecule has 3 aromatic rings. The van der Waals surface area contributed by atoms with Gasteiger partial charge in [-0.15, -0.1) is 16.4 Å². The average molecular weight is 283 g/mol. The van der Waals surface area contributed by atoms with Gasteiger partial charge in [0, 0.05) is 15.6 Å². The van der Waals surface area contributed by atoms with Gasteiger partial charge in [0.25, 0.3) is 0 Å². The van der Waals surface area contributed by atoms with Crippen molar-refractivity contribution in [3.63, 3.8) is 0 Å². The van der Waals surface area contributed by atoms with E-state index in [4.69, 9.17) is 0 Å². The summed E-state index contributed by atoms with van der Waals surface area (Å²) in [5.41, 5.74) is 0.968. The van der Waals surface area contributed by atoms with Gasteiger partial charge >= 0.3 is 0 Å². The SMILES string of the molecule is CCC(Nc1nnc(C)c2ccccc12)c1cccs1. The first-order chi connectivity index (χ1) is 9.79. The molecule has 1 N–H and O–H groups in total. The van der Waals surface area contributed by atoms with Crippen molar-refractivity contribution in [3.05, 3.63) is 52.3 Å². The molecule has 0 fully saturated rings. The summed E-state index contributed by atoms with van der Waals surface area (Å²) in [5.74, 6) is 0.867. The van der Waals surface area contributed by atoms with Crippen molar-refractivity contribution in [2.75, 3.05) is 5.32 Å². The highest BCUT2D eigenvalue weighted by atomic mass is 32.1. The Kier molecular flexibility index (Phi) is 3.65. The highest BCUT2D eigenvalue weighted by Crippen LogP contribution is 2.29. The van der Waals surface area contributed by atoms with E-state index >= 15 is 0 Å². The van der Waals surface area contributed by atoms with Gasteiger partial charge < -0.3 is 5.32 Å². The summed E-state index contributed by atoms with van der Waals surface area (Å²) in [5, 5.41) is 16.6. The maximum Gasteiger partial charge on any atom is 0.157 e. The number of nitrogens with one attached hydrogen (secondary N) is 1. The number of anilines is 1. The molecule has 1 atom stereocenters. The van der Waals surface area contributed by atoms with Crippen LogP contribution >= 0.6 is 11.3 Å². The Labute approximate surface area is 122 Å². The topological polar surface area (TPSA) is 37.8 Å². The first kappa shape index (κ1) is 13.1. The molecule has 0 bridgehead atoms. The number of benzene rings is 1. The van der Waals surface area contributed by atoms with Crippen LogP contribution in [0.3, 0.4) is 0 Å². The molecule has 0 aliphatic rings. The van der Waals surface area contributed by atoms with Gasteiger partial charge in [-0.2, -0.15) is 5.10 Å². The number of hydrogen-bond acceptors (Lipinski definition) is 4. The molecule has 0 aliphatic heterocycles. The third-order valence-corrected chi connectivity index (χ3v) is 4.46. The van der Waals surface area contributed by atoms with Gasteiger partial charge in [0.1, 0.15) is 0 Å². The van der Waals surface area contributed by atoms with E-state index in [9.17, 15) is 0 Å². The molecule has 3 nitrogen and oxygen atoms in total. The van der Waals surface area contributed by atoms with Gasteiger partial charge in [0.2, 0.25) is 0 Å². The smallest absolute Gasteiger partial charge is 0.157 e. The minimum Gasteiger partial charge on any atom is -0.360 e. The predicted octanol–water partition coefficient (Wildman–Crippen LogP) is 4.56. The largest absolute Gasteiger partial charge is 0.360 e. The highest BCUT2D eigenvalue weighted by molar-refractivity contribution is 7.10. The maximum absolute atomic E-state index is 4.35. The summed E-state index contributed by atoms with van der Waals surface area (Å²) in [6.45, 7) is 4.18. The van der Waals surface area contributed by atoms with E-state index in [-0.39, 0.29) is 6.04 Å². The number of nitrogens with zero attached hydrogens (tertiary/aromatic N) is 2. The second-order valence-corrected chi connectivity index (χ2v) is 5.78. The molecule has 0 radical (unpaired) electrons. The minimum atomic E-state index is 0.287. The Morgan fingerprint density at radius 1 is 1.10 bits per heavy atom. The van der Waals surface area contributed by atoms with Crippen LogP contribution in [0.1, 0.15) is 30.0 Å².